The summed E-state index contributed by atoms with van der Waals surface area (Å²) in [4.78, 5) is 14.9. The van der Waals surface area contributed by atoms with Crippen LogP contribution in [0.15, 0.2) is 18.7 Å². The Hall–Kier alpha value is -2.22. The quantitative estimate of drug-likeness (QED) is 0.747. The number of carboxylic acids is 1. The van der Waals surface area contributed by atoms with Crippen molar-refractivity contribution in [3.05, 3.63) is 18.7 Å². The summed E-state index contributed by atoms with van der Waals surface area (Å²) in [5.41, 5.74) is 0.591. The molecule has 1 atom stereocenters. The van der Waals surface area contributed by atoms with Crippen LogP contribution >= 0.6 is 0 Å². The Kier molecular flexibility index (Phi) is 4.24. The minimum atomic E-state index is -0.895. The molecule has 0 radical (unpaired) electrons. The van der Waals surface area contributed by atoms with Gasteiger partial charge in [-0.25, -0.2) is 4.98 Å². The van der Waals surface area contributed by atoms with Crippen LogP contribution in [0, 0.1) is 0 Å². The molecule has 2 aromatic rings. The first-order valence-corrected chi connectivity index (χ1v) is 5.92. The zero-order valence-electron chi connectivity index (χ0n) is 10.5. The van der Waals surface area contributed by atoms with Crippen LogP contribution in [0.3, 0.4) is 0 Å². The van der Waals surface area contributed by atoms with Crippen LogP contribution in [0.1, 0.15) is 13.3 Å². The van der Waals surface area contributed by atoms with Gasteiger partial charge in [-0.3, -0.25) is 9.20 Å². The van der Waals surface area contributed by atoms with E-state index < -0.39 is 12.1 Å². The van der Waals surface area contributed by atoms with E-state index in [1.807, 2.05) is 6.92 Å². The molecule has 1 unspecified atom stereocenters. The molecule has 19 heavy (non-hydrogen) atoms. The predicted octanol–water partition coefficient (Wildman–Crippen LogP) is 0.416. The maximum atomic E-state index is 10.7. The van der Waals surface area contributed by atoms with Gasteiger partial charge in [0.05, 0.1) is 12.5 Å². The number of rotatable bonds is 7. The lowest BCUT2D eigenvalue weighted by Gasteiger charge is -2.16. The Bertz CT molecular complexity index is 556. The van der Waals surface area contributed by atoms with Gasteiger partial charge in [-0.05, 0) is 6.92 Å². The molecule has 0 bridgehead atoms. The van der Waals surface area contributed by atoms with E-state index in [1.165, 1.54) is 0 Å². The van der Waals surface area contributed by atoms with Gasteiger partial charge in [0.2, 0.25) is 5.65 Å². The van der Waals surface area contributed by atoms with E-state index in [4.69, 9.17) is 9.84 Å². The van der Waals surface area contributed by atoms with Gasteiger partial charge in [0.15, 0.2) is 5.82 Å². The van der Waals surface area contributed by atoms with Crippen LogP contribution in [0.2, 0.25) is 0 Å². The van der Waals surface area contributed by atoms with E-state index in [-0.39, 0.29) is 6.42 Å². The number of ether oxygens (including phenoxy) is 1. The third-order valence-electron chi connectivity index (χ3n) is 2.52. The number of nitrogens with one attached hydrogen (secondary N) is 1. The topological polar surface area (TPSA) is 102 Å². The van der Waals surface area contributed by atoms with Gasteiger partial charge < -0.3 is 15.2 Å². The lowest BCUT2D eigenvalue weighted by Crippen LogP contribution is -2.26. The Morgan fingerprint density at radius 3 is 3.21 bits per heavy atom. The van der Waals surface area contributed by atoms with Gasteiger partial charge in [-0.15, -0.1) is 10.2 Å². The van der Waals surface area contributed by atoms with Crippen molar-refractivity contribution < 1.29 is 14.6 Å². The second-order valence-corrected chi connectivity index (χ2v) is 3.89. The molecule has 0 aliphatic carbocycles. The highest BCUT2D eigenvalue weighted by Crippen LogP contribution is 2.10. The smallest absolute Gasteiger partial charge is 0.306 e. The van der Waals surface area contributed by atoms with Crippen molar-refractivity contribution in [1.29, 1.82) is 0 Å². The molecule has 0 fully saturated rings. The van der Waals surface area contributed by atoms with Crippen molar-refractivity contribution in [3.8, 4) is 0 Å². The van der Waals surface area contributed by atoms with E-state index in [9.17, 15) is 4.79 Å². The maximum absolute atomic E-state index is 10.7. The van der Waals surface area contributed by atoms with Crippen molar-refractivity contribution in [2.75, 3.05) is 18.5 Å². The number of anilines is 1. The Morgan fingerprint density at radius 2 is 2.47 bits per heavy atom. The van der Waals surface area contributed by atoms with Crippen LogP contribution < -0.4 is 5.32 Å². The molecule has 2 heterocycles. The molecular weight excluding hydrogens is 250 g/mol. The first kappa shape index (κ1) is 13.2. The molecule has 8 nitrogen and oxygen atoms in total. The molecule has 0 saturated carbocycles. The summed E-state index contributed by atoms with van der Waals surface area (Å²) in [6.45, 7) is 2.63. The molecule has 2 aromatic heterocycles. The second kappa shape index (κ2) is 6.10. The highest BCUT2D eigenvalue weighted by molar-refractivity contribution is 5.67. The largest absolute Gasteiger partial charge is 0.481 e. The molecule has 2 rings (SSSR count). The van der Waals surface area contributed by atoms with E-state index >= 15 is 0 Å². The molecule has 0 aromatic carbocycles. The molecule has 2 N–H and O–H groups in total. The summed E-state index contributed by atoms with van der Waals surface area (Å²) >= 11 is 0. The zero-order valence-corrected chi connectivity index (χ0v) is 10.5. The van der Waals surface area contributed by atoms with Crippen molar-refractivity contribution in [1.82, 2.24) is 19.6 Å². The minimum Gasteiger partial charge on any atom is -0.481 e. The summed E-state index contributed by atoms with van der Waals surface area (Å²) in [5.74, 6) is -0.344. The average Bonchev–Trinajstić information content (AvgIpc) is 2.84. The molecule has 0 aliphatic rings. The van der Waals surface area contributed by atoms with Gasteiger partial charge in [-0.1, -0.05) is 0 Å². The summed E-state index contributed by atoms with van der Waals surface area (Å²) < 4.78 is 7.08. The van der Waals surface area contributed by atoms with Gasteiger partial charge in [0.1, 0.15) is 6.33 Å². The number of aromatic nitrogens is 4. The minimum absolute atomic E-state index is 0.0589. The number of aliphatic carboxylic acids is 1. The predicted molar refractivity (Wildman–Crippen MR) is 66.9 cm³/mol. The number of hydrogen-bond acceptors (Lipinski definition) is 6. The van der Waals surface area contributed by atoms with Crippen LogP contribution in [0.4, 0.5) is 5.82 Å². The van der Waals surface area contributed by atoms with Crippen LogP contribution in [0.5, 0.6) is 0 Å². The Balaban J connectivity index is 2.03. The van der Waals surface area contributed by atoms with Crippen LogP contribution in [-0.4, -0.2) is 49.9 Å². The number of hydrogen-bond donors (Lipinski definition) is 2. The summed E-state index contributed by atoms with van der Waals surface area (Å²) in [5, 5.41) is 19.6. The fourth-order valence-electron chi connectivity index (χ4n) is 1.71. The number of carbonyl (C=O) groups is 1. The Labute approximate surface area is 109 Å². The molecule has 0 amide bonds. The molecule has 0 saturated heterocycles. The number of nitrogens with zero attached hydrogens (tertiary/aromatic N) is 4. The average molecular weight is 265 g/mol. The third kappa shape index (κ3) is 3.38. The lowest BCUT2D eigenvalue weighted by molar-refractivity contribution is -0.139. The number of carboxylic acid groups (broad SMARTS) is 1. The number of fused-ring (bicyclic) bond motifs is 1. The Morgan fingerprint density at radius 1 is 1.63 bits per heavy atom. The normalized spacial score (nSPS) is 12.5. The maximum Gasteiger partial charge on any atom is 0.306 e. The van der Waals surface area contributed by atoms with E-state index in [1.54, 1.807) is 23.1 Å². The summed E-state index contributed by atoms with van der Waals surface area (Å²) in [6, 6.07) is 0. The summed E-state index contributed by atoms with van der Waals surface area (Å²) in [7, 11) is 0. The van der Waals surface area contributed by atoms with Gasteiger partial charge >= 0.3 is 5.97 Å². The first-order valence-electron chi connectivity index (χ1n) is 5.92. The molecule has 0 aliphatic heterocycles. The second-order valence-electron chi connectivity index (χ2n) is 3.89. The highest BCUT2D eigenvalue weighted by atomic mass is 16.5. The van der Waals surface area contributed by atoms with E-state index in [0.29, 0.717) is 24.6 Å². The molecule has 102 valence electrons. The monoisotopic (exact) mass is 265 g/mol. The summed E-state index contributed by atoms with van der Waals surface area (Å²) in [6.07, 6.45) is 4.45. The van der Waals surface area contributed by atoms with Crippen molar-refractivity contribution in [2.45, 2.75) is 19.4 Å². The van der Waals surface area contributed by atoms with Gasteiger partial charge in [0.25, 0.3) is 0 Å². The van der Waals surface area contributed by atoms with Crippen molar-refractivity contribution >= 4 is 17.4 Å². The van der Waals surface area contributed by atoms with E-state index in [2.05, 4.69) is 20.5 Å². The fourth-order valence-corrected chi connectivity index (χ4v) is 1.71. The van der Waals surface area contributed by atoms with Crippen molar-refractivity contribution in [2.24, 2.45) is 0 Å². The zero-order chi connectivity index (χ0) is 13.7. The van der Waals surface area contributed by atoms with Crippen LogP contribution in [0.25, 0.3) is 5.65 Å². The SMILES string of the molecule is CCOC(CNc1nccn2cnnc12)CC(=O)O. The lowest BCUT2D eigenvalue weighted by atomic mass is 10.2. The third-order valence-corrected chi connectivity index (χ3v) is 2.52. The standard InChI is InChI=1S/C11H15N5O3/c1-2-19-8(5-9(17)18)6-13-10-11-15-14-7-16(11)4-3-12-10/h3-4,7-8H,2,5-6H2,1H3,(H,12,13)(H,17,18). The van der Waals surface area contributed by atoms with Crippen LogP contribution in [-0.2, 0) is 9.53 Å². The molecule has 0 spiro atoms. The van der Waals surface area contributed by atoms with Gasteiger partial charge in [-0.2, -0.15) is 0 Å². The molecular formula is C11H15N5O3. The molecule has 8 heteroatoms. The highest BCUT2D eigenvalue weighted by Gasteiger charge is 2.14. The van der Waals surface area contributed by atoms with Gasteiger partial charge in [0, 0.05) is 25.5 Å². The fraction of sp³-hybridized carbons (Fsp3) is 0.455. The first-order chi connectivity index (χ1) is 9.20. The van der Waals surface area contributed by atoms with Crippen molar-refractivity contribution in [3.63, 3.8) is 0 Å². The van der Waals surface area contributed by atoms with E-state index in [0.717, 1.165) is 0 Å².